The van der Waals surface area contributed by atoms with Crippen LogP contribution in [-0.4, -0.2) is 30.5 Å². The first kappa shape index (κ1) is 14.7. The van der Waals surface area contributed by atoms with Gasteiger partial charge in [0.1, 0.15) is 5.25 Å². The third kappa shape index (κ3) is 3.84. The van der Waals surface area contributed by atoms with Gasteiger partial charge in [-0.25, -0.2) is 0 Å². The summed E-state index contributed by atoms with van der Waals surface area (Å²) in [6.45, 7) is 1.88. The summed E-state index contributed by atoms with van der Waals surface area (Å²) >= 11 is 1.42. The molecule has 0 aliphatic rings. The van der Waals surface area contributed by atoms with Crippen LogP contribution in [0.25, 0.3) is 0 Å². The molecule has 0 saturated heterocycles. The minimum absolute atomic E-state index is 0.363. The molecule has 1 aromatic rings. The molecule has 0 saturated carbocycles. The lowest BCUT2D eigenvalue weighted by molar-refractivity contribution is -0.136. The van der Waals surface area contributed by atoms with Crippen molar-refractivity contribution in [2.75, 3.05) is 14.2 Å². The van der Waals surface area contributed by atoms with E-state index in [0.717, 1.165) is 5.56 Å². The lowest BCUT2D eigenvalue weighted by Crippen LogP contribution is -2.15. The average Bonchev–Trinajstić information content (AvgIpc) is 2.38. The highest BCUT2D eigenvalue weighted by atomic mass is 32.2. The van der Waals surface area contributed by atoms with Crippen molar-refractivity contribution in [3.63, 3.8) is 0 Å². The summed E-state index contributed by atoms with van der Waals surface area (Å²) in [5.74, 6) is 1.23. The highest BCUT2D eigenvalue weighted by molar-refractivity contribution is 7.99. The van der Waals surface area contributed by atoms with Crippen molar-refractivity contribution in [3.05, 3.63) is 23.8 Å². The number of carboxylic acid groups (broad SMARTS) is 1. The van der Waals surface area contributed by atoms with Crippen LogP contribution in [0.5, 0.6) is 11.5 Å². The van der Waals surface area contributed by atoms with E-state index in [1.165, 1.54) is 11.8 Å². The second-order valence-electron chi connectivity index (χ2n) is 3.74. The number of rotatable bonds is 7. The van der Waals surface area contributed by atoms with Gasteiger partial charge in [-0.1, -0.05) is 13.0 Å². The summed E-state index contributed by atoms with van der Waals surface area (Å²) in [5, 5.41) is 8.61. The lowest BCUT2D eigenvalue weighted by Gasteiger charge is -2.11. The van der Waals surface area contributed by atoms with E-state index in [1.807, 2.05) is 25.1 Å². The van der Waals surface area contributed by atoms with Crippen LogP contribution in [0.15, 0.2) is 18.2 Å². The molecule has 0 aromatic heterocycles. The Bertz CT molecular complexity index is 406. The monoisotopic (exact) mass is 270 g/mol. The van der Waals surface area contributed by atoms with Gasteiger partial charge in [0, 0.05) is 5.75 Å². The highest BCUT2D eigenvalue weighted by Gasteiger charge is 2.15. The van der Waals surface area contributed by atoms with Crippen LogP contribution in [0.3, 0.4) is 0 Å². The number of carbonyl (C=O) groups is 1. The van der Waals surface area contributed by atoms with E-state index in [-0.39, 0.29) is 5.25 Å². The summed E-state index contributed by atoms with van der Waals surface area (Å²) < 4.78 is 10.4. The van der Waals surface area contributed by atoms with Crippen LogP contribution in [0.1, 0.15) is 18.9 Å². The van der Waals surface area contributed by atoms with Crippen LogP contribution >= 0.6 is 11.8 Å². The Balaban J connectivity index is 2.70. The maximum Gasteiger partial charge on any atom is 0.316 e. The molecular formula is C13H18O4S. The summed E-state index contributed by atoms with van der Waals surface area (Å²) in [4.78, 5) is 10.9. The lowest BCUT2D eigenvalue weighted by atomic mass is 10.2. The van der Waals surface area contributed by atoms with Gasteiger partial charge in [0.15, 0.2) is 11.5 Å². The number of hydrogen-bond donors (Lipinski definition) is 1. The van der Waals surface area contributed by atoms with Crippen LogP contribution in [0, 0.1) is 0 Å². The predicted molar refractivity (Wildman–Crippen MR) is 72.6 cm³/mol. The summed E-state index contributed by atoms with van der Waals surface area (Å²) in [5.41, 5.74) is 1.03. The minimum Gasteiger partial charge on any atom is -0.493 e. The van der Waals surface area contributed by atoms with E-state index in [4.69, 9.17) is 14.6 Å². The van der Waals surface area contributed by atoms with Gasteiger partial charge in [0.05, 0.1) is 14.2 Å². The normalized spacial score (nSPS) is 11.9. The Morgan fingerprint density at radius 2 is 2.00 bits per heavy atom. The van der Waals surface area contributed by atoms with Crippen molar-refractivity contribution >= 4 is 17.7 Å². The molecule has 1 rings (SSSR count). The highest BCUT2D eigenvalue weighted by Crippen LogP contribution is 2.30. The maximum absolute atomic E-state index is 10.9. The fourth-order valence-electron chi connectivity index (χ4n) is 1.53. The Labute approximate surface area is 111 Å². The molecule has 1 atom stereocenters. The fraction of sp³-hybridized carbons (Fsp3) is 0.462. The van der Waals surface area contributed by atoms with Gasteiger partial charge >= 0.3 is 5.97 Å². The molecule has 5 heteroatoms. The van der Waals surface area contributed by atoms with Gasteiger partial charge < -0.3 is 14.6 Å². The Morgan fingerprint density at radius 1 is 1.33 bits per heavy atom. The van der Waals surface area contributed by atoms with Gasteiger partial charge in [0.2, 0.25) is 0 Å². The van der Waals surface area contributed by atoms with E-state index in [9.17, 15) is 4.79 Å². The van der Waals surface area contributed by atoms with Crippen LogP contribution in [0.4, 0.5) is 0 Å². The molecular weight excluding hydrogens is 252 g/mol. The van der Waals surface area contributed by atoms with Crippen LogP contribution in [-0.2, 0) is 10.5 Å². The van der Waals surface area contributed by atoms with Crippen molar-refractivity contribution in [3.8, 4) is 11.5 Å². The topological polar surface area (TPSA) is 55.8 Å². The number of aliphatic carboxylic acids is 1. The third-order valence-electron chi connectivity index (χ3n) is 2.55. The standard InChI is InChI=1S/C13H18O4S/c1-4-12(13(14)15)18-8-9-5-6-10(16-2)11(7-9)17-3/h5-7,12H,4,8H2,1-3H3,(H,14,15). The smallest absolute Gasteiger partial charge is 0.316 e. The Hall–Kier alpha value is -1.36. The van der Waals surface area contributed by atoms with E-state index < -0.39 is 5.97 Å². The molecule has 0 fully saturated rings. The average molecular weight is 270 g/mol. The third-order valence-corrected chi connectivity index (χ3v) is 3.98. The fourth-order valence-corrected chi connectivity index (χ4v) is 2.48. The second-order valence-corrected chi connectivity index (χ2v) is 4.93. The van der Waals surface area contributed by atoms with Crippen molar-refractivity contribution in [2.45, 2.75) is 24.3 Å². The van der Waals surface area contributed by atoms with Crippen molar-refractivity contribution < 1.29 is 19.4 Å². The molecule has 0 heterocycles. The van der Waals surface area contributed by atoms with Gasteiger partial charge in [0.25, 0.3) is 0 Å². The first-order chi connectivity index (χ1) is 8.62. The summed E-state index contributed by atoms with van der Waals surface area (Å²) in [6.07, 6.45) is 0.618. The zero-order chi connectivity index (χ0) is 13.5. The zero-order valence-corrected chi connectivity index (χ0v) is 11.6. The van der Waals surface area contributed by atoms with Crippen molar-refractivity contribution in [1.29, 1.82) is 0 Å². The number of methoxy groups -OCH3 is 2. The zero-order valence-electron chi connectivity index (χ0n) is 10.8. The van der Waals surface area contributed by atoms with E-state index in [0.29, 0.717) is 23.7 Å². The van der Waals surface area contributed by atoms with E-state index in [1.54, 1.807) is 14.2 Å². The number of benzene rings is 1. The molecule has 0 aliphatic heterocycles. The van der Waals surface area contributed by atoms with Crippen molar-refractivity contribution in [2.24, 2.45) is 0 Å². The number of hydrogen-bond acceptors (Lipinski definition) is 4. The van der Waals surface area contributed by atoms with Gasteiger partial charge in [-0.3, -0.25) is 4.79 Å². The molecule has 0 spiro atoms. The Kier molecular flexibility index (Phi) is 5.85. The molecule has 0 amide bonds. The van der Waals surface area contributed by atoms with E-state index >= 15 is 0 Å². The maximum atomic E-state index is 10.9. The number of carboxylic acids is 1. The van der Waals surface area contributed by atoms with Gasteiger partial charge in [-0.15, -0.1) is 11.8 Å². The number of thioether (sulfide) groups is 1. The molecule has 4 nitrogen and oxygen atoms in total. The molecule has 100 valence electrons. The van der Waals surface area contributed by atoms with Crippen LogP contribution < -0.4 is 9.47 Å². The molecule has 1 unspecified atom stereocenters. The van der Waals surface area contributed by atoms with Gasteiger partial charge in [-0.05, 0) is 24.1 Å². The molecule has 1 aromatic carbocycles. The predicted octanol–water partition coefficient (Wildman–Crippen LogP) is 2.80. The van der Waals surface area contributed by atoms with Crippen molar-refractivity contribution in [1.82, 2.24) is 0 Å². The number of ether oxygens (including phenoxy) is 2. The SMILES string of the molecule is CCC(SCc1ccc(OC)c(OC)c1)C(=O)O. The Morgan fingerprint density at radius 3 is 2.50 bits per heavy atom. The van der Waals surface area contributed by atoms with Crippen LogP contribution in [0.2, 0.25) is 0 Å². The summed E-state index contributed by atoms with van der Waals surface area (Å²) in [7, 11) is 3.17. The quantitative estimate of drug-likeness (QED) is 0.825. The molecule has 0 aliphatic carbocycles. The van der Waals surface area contributed by atoms with Gasteiger partial charge in [-0.2, -0.15) is 0 Å². The first-order valence-corrected chi connectivity index (χ1v) is 6.72. The minimum atomic E-state index is -0.761. The first-order valence-electron chi connectivity index (χ1n) is 5.67. The second kappa shape index (κ2) is 7.16. The van der Waals surface area contributed by atoms with E-state index in [2.05, 4.69) is 0 Å². The summed E-state index contributed by atoms with van der Waals surface area (Å²) in [6, 6.07) is 5.62. The molecule has 1 N–H and O–H groups in total. The largest absolute Gasteiger partial charge is 0.493 e. The molecule has 0 radical (unpaired) electrons. The molecule has 0 bridgehead atoms. The molecule has 18 heavy (non-hydrogen) atoms.